The van der Waals surface area contributed by atoms with Crippen molar-refractivity contribution in [1.29, 1.82) is 0 Å². The van der Waals surface area contributed by atoms with Crippen LogP contribution in [-0.2, 0) is 19.1 Å². The van der Waals surface area contributed by atoms with Gasteiger partial charge in [0.25, 0.3) is 0 Å². The van der Waals surface area contributed by atoms with Crippen molar-refractivity contribution in [1.82, 2.24) is 5.32 Å². The number of fused-ring (bicyclic) bond motifs is 2. The first kappa shape index (κ1) is 13.8. The number of Topliss-reactive ketones (excluding diaryl/α,β-unsaturated/α-hetero) is 1. The summed E-state index contributed by atoms with van der Waals surface area (Å²) in [4.78, 5) is 33.7. The Balaban J connectivity index is 1.61. The largest absolute Gasteiger partial charge is 0.463 e. The summed E-state index contributed by atoms with van der Waals surface area (Å²) in [5.41, 5.74) is 0. The van der Waals surface area contributed by atoms with Crippen molar-refractivity contribution < 1.29 is 19.1 Å². The minimum absolute atomic E-state index is 0.0412. The van der Waals surface area contributed by atoms with Crippen LogP contribution in [0.1, 0.15) is 26.2 Å². The Labute approximate surface area is 112 Å². The number of esters is 1. The Morgan fingerprint density at radius 1 is 1.26 bits per heavy atom. The van der Waals surface area contributed by atoms with E-state index in [9.17, 15) is 14.4 Å². The summed E-state index contributed by atoms with van der Waals surface area (Å²) >= 11 is 0. The first-order chi connectivity index (χ1) is 9.06. The highest BCUT2D eigenvalue weighted by Crippen LogP contribution is 2.43. The minimum atomic E-state index is -0.537. The second-order valence-corrected chi connectivity index (χ2v) is 5.28. The molecule has 2 aliphatic carbocycles. The molecule has 0 aliphatic heterocycles. The van der Waals surface area contributed by atoms with Crippen LogP contribution in [0.2, 0.25) is 0 Å². The molecule has 1 saturated carbocycles. The lowest BCUT2D eigenvalue weighted by atomic mass is 9.93. The predicted octanol–water partition coefficient (Wildman–Crippen LogP) is 0.837. The fourth-order valence-corrected chi connectivity index (χ4v) is 2.81. The van der Waals surface area contributed by atoms with E-state index in [-0.39, 0.29) is 30.6 Å². The molecule has 0 radical (unpaired) electrons. The van der Waals surface area contributed by atoms with E-state index in [0.717, 1.165) is 12.8 Å². The summed E-state index contributed by atoms with van der Waals surface area (Å²) in [6.45, 7) is 1.76. The molecule has 0 aromatic rings. The van der Waals surface area contributed by atoms with Gasteiger partial charge in [-0.25, -0.2) is 0 Å². The lowest BCUT2D eigenvalue weighted by Crippen LogP contribution is -2.35. The molecule has 1 amide bonds. The van der Waals surface area contributed by atoms with Gasteiger partial charge >= 0.3 is 5.97 Å². The zero-order valence-electron chi connectivity index (χ0n) is 11.1. The maximum Gasteiger partial charge on any atom is 0.313 e. The van der Waals surface area contributed by atoms with Crippen LogP contribution in [0.25, 0.3) is 0 Å². The van der Waals surface area contributed by atoms with Crippen LogP contribution >= 0.6 is 0 Å². The molecule has 2 aliphatic rings. The molecule has 19 heavy (non-hydrogen) atoms. The molecule has 0 heterocycles. The van der Waals surface area contributed by atoms with Crippen LogP contribution in [0.4, 0.5) is 0 Å². The van der Waals surface area contributed by atoms with Crippen molar-refractivity contribution in [3.63, 3.8) is 0 Å². The van der Waals surface area contributed by atoms with Gasteiger partial charge in [0.05, 0.1) is 6.54 Å². The normalized spacial score (nSPS) is 27.3. The van der Waals surface area contributed by atoms with Crippen LogP contribution in [-0.4, -0.2) is 30.8 Å². The molecule has 0 saturated heterocycles. The number of ketones is 1. The molecule has 5 nitrogen and oxygen atoms in total. The van der Waals surface area contributed by atoms with Crippen molar-refractivity contribution >= 4 is 17.7 Å². The van der Waals surface area contributed by atoms with Crippen molar-refractivity contribution in [3.05, 3.63) is 12.2 Å². The highest BCUT2D eigenvalue weighted by atomic mass is 16.5. The van der Waals surface area contributed by atoms with Crippen LogP contribution in [0.5, 0.6) is 0 Å². The van der Waals surface area contributed by atoms with E-state index in [0.29, 0.717) is 18.4 Å². The lowest BCUT2D eigenvalue weighted by molar-refractivity contribution is -0.146. The Morgan fingerprint density at radius 3 is 2.63 bits per heavy atom. The molecule has 2 rings (SSSR count). The molecule has 104 valence electrons. The van der Waals surface area contributed by atoms with E-state index in [1.54, 1.807) is 0 Å². The number of carbonyl (C=O) groups excluding carboxylic acids is 3. The van der Waals surface area contributed by atoms with E-state index < -0.39 is 5.97 Å². The van der Waals surface area contributed by atoms with E-state index >= 15 is 0 Å². The molecule has 0 aromatic heterocycles. The summed E-state index contributed by atoms with van der Waals surface area (Å²) in [6.07, 6.45) is 6.14. The average molecular weight is 265 g/mol. The average Bonchev–Trinajstić information content (AvgIpc) is 2.95. The molecule has 0 aromatic carbocycles. The molecular formula is C14H19NO4. The van der Waals surface area contributed by atoms with E-state index in [1.807, 2.05) is 0 Å². The molecule has 1 fully saturated rings. The summed E-state index contributed by atoms with van der Waals surface area (Å²) in [5.74, 6) is 0.300. The highest BCUT2D eigenvalue weighted by molar-refractivity contribution is 5.94. The van der Waals surface area contributed by atoms with Gasteiger partial charge in [-0.2, -0.15) is 0 Å². The van der Waals surface area contributed by atoms with Crippen molar-refractivity contribution in [3.8, 4) is 0 Å². The number of carbonyl (C=O) groups is 3. The Morgan fingerprint density at radius 2 is 2.05 bits per heavy atom. The molecule has 3 atom stereocenters. The second kappa shape index (κ2) is 5.99. The van der Waals surface area contributed by atoms with Gasteiger partial charge < -0.3 is 10.1 Å². The number of hydrogen-bond donors (Lipinski definition) is 1. The number of ether oxygens (including phenoxy) is 1. The summed E-state index contributed by atoms with van der Waals surface area (Å²) in [6, 6.07) is 0. The number of nitrogens with one attached hydrogen (secondary N) is 1. The van der Waals surface area contributed by atoms with Crippen LogP contribution in [0.15, 0.2) is 12.2 Å². The maximum absolute atomic E-state index is 11.9. The van der Waals surface area contributed by atoms with Gasteiger partial charge in [0.1, 0.15) is 18.8 Å². The van der Waals surface area contributed by atoms with Gasteiger partial charge in [-0.05, 0) is 31.6 Å². The van der Waals surface area contributed by atoms with Gasteiger partial charge in [-0.1, -0.05) is 12.2 Å². The summed E-state index contributed by atoms with van der Waals surface area (Å²) < 4.78 is 4.84. The molecule has 5 heteroatoms. The Kier molecular flexibility index (Phi) is 4.35. The van der Waals surface area contributed by atoms with Crippen molar-refractivity contribution in [2.45, 2.75) is 26.2 Å². The van der Waals surface area contributed by atoms with Crippen LogP contribution in [0.3, 0.4) is 0 Å². The Bertz CT molecular complexity index is 416. The molecule has 0 spiro atoms. The number of allylic oxidation sites excluding steroid dienone is 2. The Hall–Kier alpha value is -1.65. The smallest absolute Gasteiger partial charge is 0.313 e. The molecule has 2 bridgehead atoms. The first-order valence-corrected chi connectivity index (χ1v) is 6.67. The zero-order chi connectivity index (χ0) is 13.8. The van der Waals surface area contributed by atoms with Crippen molar-refractivity contribution in [2.75, 3.05) is 13.2 Å². The summed E-state index contributed by atoms with van der Waals surface area (Å²) in [5, 5.41) is 2.78. The SMILES string of the molecule is CC(=O)CC(=O)OCCNC(=O)C1CC2C=CC1C2. The lowest BCUT2D eigenvalue weighted by Gasteiger charge is -2.17. The monoisotopic (exact) mass is 265 g/mol. The number of hydrogen-bond acceptors (Lipinski definition) is 4. The second-order valence-electron chi connectivity index (χ2n) is 5.28. The number of amides is 1. The van der Waals surface area contributed by atoms with Gasteiger partial charge in [0.15, 0.2) is 0 Å². The fraction of sp³-hybridized carbons (Fsp3) is 0.643. The fourth-order valence-electron chi connectivity index (χ4n) is 2.81. The third-order valence-electron chi connectivity index (χ3n) is 3.67. The first-order valence-electron chi connectivity index (χ1n) is 6.67. The van der Waals surface area contributed by atoms with Gasteiger partial charge in [0, 0.05) is 5.92 Å². The maximum atomic E-state index is 11.9. The van der Waals surface area contributed by atoms with E-state index in [4.69, 9.17) is 4.74 Å². The van der Waals surface area contributed by atoms with Crippen molar-refractivity contribution in [2.24, 2.45) is 17.8 Å². The van der Waals surface area contributed by atoms with Gasteiger partial charge in [-0.3, -0.25) is 14.4 Å². The molecular weight excluding hydrogens is 246 g/mol. The number of rotatable bonds is 6. The molecule has 1 N–H and O–H groups in total. The predicted molar refractivity (Wildman–Crippen MR) is 68.1 cm³/mol. The van der Waals surface area contributed by atoms with Crippen LogP contribution < -0.4 is 5.32 Å². The standard InChI is InChI=1S/C14H19NO4/c1-9(16)6-13(17)19-5-4-15-14(18)12-8-10-2-3-11(12)7-10/h2-3,10-12H,4-8H2,1H3,(H,15,18). The third-order valence-corrected chi connectivity index (χ3v) is 3.67. The zero-order valence-corrected chi connectivity index (χ0v) is 11.1. The van der Waals surface area contributed by atoms with Crippen LogP contribution in [0, 0.1) is 17.8 Å². The minimum Gasteiger partial charge on any atom is -0.463 e. The van der Waals surface area contributed by atoms with Gasteiger partial charge in [0.2, 0.25) is 5.91 Å². The summed E-state index contributed by atoms with van der Waals surface area (Å²) in [7, 11) is 0. The molecule has 3 unspecified atom stereocenters. The third kappa shape index (κ3) is 3.66. The topological polar surface area (TPSA) is 72.5 Å². The van der Waals surface area contributed by atoms with E-state index in [2.05, 4.69) is 17.5 Å². The highest BCUT2D eigenvalue weighted by Gasteiger charge is 2.39. The van der Waals surface area contributed by atoms with Gasteiger partial charge in [-0.15, -0.1) is 0 Å². The quantitative estimate of drug-likeness (QED) is 0.334. The van der Waals surface area contributed by atoms with E-state index in [1.165, 1.54) is 6.92 Å².